The van der Waals surface area contributed by atoms with Crippen LogP contribution in [0.15, 0.2) is 4.99 Å². The van der Waals surface area contributed by atoms with Gasteiger partial charge >= 0.3 is 0 Å². The molecule has 0 atom stereocenters. The monoisotopic (exact) mass is 157 g/mol. The molecule has 0 heterocycles. The summed E-state index contributed by atoms with van der Waals surface area (Å²) in [6.07, 6.45) is 0. The van der Waals surface area contributed by atoms with E-state index >= 15 is 0 Å². The lowest BCUT2D eigenvalue weighted by atomic mass is 9.94. The summed E-state index contributed by atoms with van der Waals surface area (Å²) in [5.74, 6) is 1.13. The summed E-state index contributed by atoms with van der Waals surface area (Å²) in [6.45, 7) is 8.61. The van der Waals surface area contributed by atoms with E-state index in [0.29, 0.717) is 17.9 Å². The maximum Gasteiger partial charge on any atom is 0.0648 e. The van der Waals surface area contributed by atoms with Gasteiger partial charge in [-0.15, -0.1) is 0 Å². The molecule has 1 nitrogen and oxygen atoms in total. The molecule has 58 valence electrons. The molecule has 0 saturated heterocycles. The molecule has 0 amide bonds. The van der Waals surface area contributed by atoms with E-state index in [9.17, 15) is 0 Å². The third-order valence-electron chi connectivity index (χ3n) is 1.57. The van der Waals surface area contributed by atoms with Crippen LogP contribution in [0, 0.1) is 11.8 Å². The van der Waals surface area contributed by atoms with Crippen LogP contribution < -0.4 is 0 Å². The van der Waals surface area contributed by atoms with Gasteiger partial charge < -0.3 is 0 Å². The molecule has 0 bridgehead atoms. The van der Waals surface area contributed by atoms with Crippen LogP contribution in [0.4, 0.5) is 0 Å². The quantitative estimate of drug-likeness (QED) is 0.453. The predicted molar refractivity (Wildman–Crippen MR) is 48.5 cm³/mol. The number of hydrogen-bond donors (Lipinski definition) is 0. The summed E-state index contributed by atoms with van der Waals surface area (Å²) in [5.41, 5.74) is 0. The summed E-state index contributed by atoms with van der Waals surface area (Å²) in [6, 6.07) is 0.345. The van der Waals surface area contributed by atoms with Gasteiger partial charge in [-0.3, -0.25) is 0 Å². The molecule has 0 N–H and O–H groups in total. The molecule has 0 aliphatic rings. The fourth-order valence-corrected chi connectivity index (χ4v) is 1.25. The van der Waals surface area contributed by atoms with Crippen molar-refractivity contribution in [1.82, 2.24) is 0 Å². The molecule has 0 aromatic heterocycles. The lowest BCUT2D eigenvalue weighted by Crippen LogP contribution is -2.19. The Morgan fingerprint density at radius 1 is 1.10 bits per heavy atom. The number of aliphatic imine (C=N–C) groups is 1. The molecular weight excluding hydrogens is 142 g/mol. The smallest absolute Gasteiger partial charge is 0.0648 e. The average molecular weight is 157 g/mol. The van der Waals surface area contributed by atoms with Gasteiger partial charge in [-0.2, -0.15) is 0 Å². The highest BCUT2D eigenvalue weighted by Crippen LogP contribution is 2.14. The Bertz CT molecular complexity index is 126. The zero-order valence-corrected chi connectivity index (χ0v) is 7.90. The maximum atomic E-state index is 4.55. The van der Waals surface area contributed by atoms with Crippen molar-refractivity contribution >= 4 is 17.4 Å². The minimum atomic E-state index is 0.345. The van der Waals surface area contributed by atoms with E-state index in [1.807, 2.05) is 0 Å². The Balaban J connectivity index is 4.11. The van der Waals surface area contributed by atoms with E-state index in [1.54, 1.807) is 0 Å². The molecule has 0 radical (unpaired) electrons. The summed E-state index contributed by atoms with van der Waals surface area (Å²) >= 11 is 4.55. The van der Waals surface area contributed by atoms with Crippen LogP contribution in [0.1, 0.15) is 27.7 Å². The van der Waals surface area contributed by atoms with Gasteiger partial charge in [0.25, 0.3) is 0 Å². The van der Waals surface area contributed by atoms with E-state index < -0.39 is 0 Å². The molecule has 2 heteroatoms. The lowest BCUT2D eigenvalue weighted by molar-refractivity contribution is 0.391. The van der Waals surface area contributed by atoms with Gasteiger partial charge in [-0.05, 0) is 24.1 Å². The molecule has 0 aliphatic carbocycles. The lowest BCUT2D eigenvalue weighted by Gasteiger charge is -2.18. The highest BCUT2D eigenvalue weighted by molar-refractivity contribution is 7.78. The first-order chi connectivity index (χ1) is 4.59. The van der Waals surface area contributed by atoms with Gasteiger partial charge in [0.2, 0.25) is 0 Å². The predicted octanol–water partition coefficient (Wildman–Crippen LogP) is 2.77. The minimum Gasteiger partial charge on any atom is -0.229 e. The molecular formula is C8H15NS. The molecule has 0 aromatic rings. The Hall–Kier alpha value is -0.200. The van der Waals surface area contributed by atoms with Gasteiger partial charge in [0, 0.05) is 0 Å². The average Bonchev–Trinajstić information content (AvgIpc) is 1.81. The third kappa shape index (κ3) is 3.09. The standard InChI is InChI=1S/C8H15NS/c1-6(2)8(7(3)4)9-5-10/h6-8H,1-4H3. The van der Waals surface area contributed by atoms with Gasteiger partial charge in [0.1, 0.15) is 0 Å². The molecule has 0 unspecified atom stereocenters. The minimum absolute atomic E-state index is 0.345. The summed E-state index contributed by atoms with van der Waals surface area (Å²) in [4.78, 5) is 4.09. The van der Waals surface area contributed by atoms with Crippen molar-refractivity contribution in [1.29, 1.82) is 0 Å². The fraction of sp³-hybridized carbons (Fsp3) is 0.875. The van der Waals surface area contributed by atoms with E-state index in [-0.39, 0.29) is 0 Å². The molecule has 10 heavy (non-hydrogen) atoms. The van der Waals surface area contributed by atoms with Crippen LogP contribution in [-0.4, -0.2) is 11.2 Å². The van der Waals surface area contributed by atoms with Crippen LogP contribution in [0.3, 0.4) is 0 Å². The van der Waals surface area contributed by atoms with Gasteiger partial charge in [0.15, 0.2) is 0 Å². The Kier molecular flexibility index (Phi) is 4.50. The molecule has 0 rings (SSSR count). The number of nitrogens with zero attached hydrogens (tertiary/aromatic N) is 1. The van der Waals surface area contributed by atoms with Crippen molar-refractivity contribution in [2.75, 3.05) is 0 Å². The molecule has 0 spiro atoms. The summed E-state index contributed by atoms with van der Waals surface area (Å²) < 4.78 is 0. The Morgan fingerprint density at radius 2 is 1.50 bits per heavy atom. The van der Waals surface area contributed by atoms with Crippen molar-refractivity contribution in [3.63, 3.8) is 0 Å². The van der Waals surface area contributed by atoms with E-state index in [4.69, 9.17) is 0 Å². The zero-order chi connectivity index (χ0) is 8.15. The Morgan fingerprint density at radius 3 is 1.60 bits per heavy atom. The molecule has 0 aromatic carbocycles. The van der Waals surface area contributed by atoms with Crippen molar-refractivity contribution < 1.29 is 0 Å². The number of hydrogen-bond acceptors (Lipinski definition) is 2. The summed E-state index contributed by atoms with van der Waals surface area (Å²) in [7, 11) is 0. The first kappa shape index (κ1) is 9.80. The van der Waals surface area contributed by atoms with E-state index in [1.165, 1.54) is 0 Å². The van der Waals surface area contributed by atoms with Gasteiger partial charge in [-0.25, -0.2) is 4.99 Å². The Labute approximate surface area is 68.5 Å². The van der Waals surface area contributed by atoms with Crippen molar-refractivity contribution in [3.05, 3.63) is 0 Å². The molecule has 0 saturated carbocycles. The zero-order valence-electron chi connectivity index (χ0n) is 7.09. The summed E-state index contributed by atoms with van der Waals surface area (Å²) in [5, 5.41) is 2.44. The number of isothiocyanates is 1. The van der Waals surface area contributed by atoms with Crippen LogP contribution in [0.5, 0.6) is 0 Å². The SMILES string of the molecule is CC(C)C(N=C=S)C(C)C. The van der Waals surface area contributed by atoms with Crippen LogP contribution >= 0.6 is 12.2 Å². The van der Waals surface area contributed by atoms with E-state index in [2.05, 4.69) is 50.1 Å². The van der Waals surface area contributed by atoms with Crippen molar-refractivity contribution in [2.24, 2.45) is 16.8 Å². The van der Waals surface area contributed by atoms with Crippen LogP contribution in [0.25, 0.3) is 0 Å². The van der Waals surface area contributed by atoms with Crippen LogP contribution in [-0.2, 0) is 0 Å². The second-order valence-corrected chi connectivity index (χ2v) is 3.38. The first-order valence-corrected chi connectivity index (χ1v) is 4.07. The van der Waals surface area contributed by atoms with Gasteiger partial charge in [-0.1, -0.05) is 27.7 Å². The van der Waals surface area contributed by atoms with Crippen molar-refractivity contribution in [2.45, 2.75) is 33.7 Å². The largest absolute Gasteiger partial charge is 0.229 e. The third-order valence-corrected chi connectivity index (χ3v) is 1.67. The number of thiocarbonyl (C=S) groups is 1. The number of rotatable bonds is 3. The van der Waals surface area contributed by atoms with Crippen molar-refractivity contribution in [3.8, 4) is 0 Å². The molecule has 0 aliphatic heterocycles. The normalized spacial score (nSPS) is 10.7. The first-order valence-electron chi connectivity index (χ1n) is 3.66. The highest BCUT2D eigenvalue weighted by Gasteiger charge is 2.14. The topological polar surface area (TPSA) is 12.4 Å². The second kappa shape index (κ2) is 4.59. The van der Waals surface area contributed by atoms with Gasteiger partial charge in [0.05, 0.1) is 11.2 Å². The second-order valence-electron chi connectivity index (χ2n) is 3.20. The fourth-order valence-electron chi connectivity index (χ4n) is 1.13. The van der Waals surface area contributed by atoms with Crippen LogP contribution in [0.2, 0.25) is 0 Å². The maximum absolute atomic E-state index is 4.55. The highest BCUT2D eigenvalue weighted by atomic mass is 32.1. The van der Waals surface area contributed by atoms with E-state index in [0.717, 1.165) is 0 Å². The molecule has 0 fully saturated rings.